The molecule has 2 N–H and O–H groups in total. The summed E-state index contributed by atoms with van der Waals surface area (Å²) in [7, 11) is 0. The molecule has 96 valence electrons. The number of rotatable bonds is 3. The second-order valence-electron chi connectivity index (χ2n) is 4.14. The van der Waals surface area contributed by atoms with Crippen molar-refractivity contribution in [1.29, 1.82) is 0 Å². The maximum absolute atomic E-state index is 11.9. The predicted molar refractivity (Wildman–Crippen MR) is 72.6 cm³/mol. The maximum Gasteiger partial charge on any atom is 0.252 e. The second-order valence-corrected chi connectivity index (χ2v) is 5.43. The molecule has 0 bridgehead atoms. The van der Waals surface area contributed by atoms with Crippen LogP contribution in [0, 0.1) is 0 Å². The van der Waals surface area contributed by atoms with Gasteiger partial charge < -0.3 is 10.6 Å². The van der Waals surface area contributed by atoms with E-state index in [0.717, 1.165) is 6.42 Å². The quantitative estimate of drug-likeness (QED) is 0.891. The van der Waals surface area contributed by atoms with E-state index in [1.165, 1.54) is 0 Å². The zero-order valence-corrected chi connectivity index (χ0v) is 11.8. The van der Waals surface area contributed by atoms with Gasteiger partial charge in [0, 0.05) is 28.5 Å². The van der Waals surface area contributed by atoms with Gasteiger partial charge in [0.25, 0.3) is 5.91 Å². The fourth-order valence-corrected chi connectivity index (χ4v) is 2.41. The minimum absolute atomic E-state index is 0.0272. The highest BCUT2D eigenvalue weighted by Gasteiger charge is 2.21. The highest BCUT2D eigenvalue weighted by Crippen LogP contribution is 2.21. The molecule has 0 radical (unpaired) electrons. The third-order valence-corrected chi connectivity index (χ3v) is 3.69. The van der Waals surface area contributed by atoms with E-state index in [2.05, 4.69) is 26.6 Å². The molecule has 1 fully saturated rings. The number of hydrogen-bond acceptors (Lipinski definition) is 2. The first-order valence-corrected chi connectivity index (χ1v) is 6.76. The van der Waals surface area contributed by atoms with Crippen LogP contribution >= 0.6 is 27.5 Å². The standard InChI is InChI=1S/C12H12BrClN2O2/c13-10-3-1-7(14)5-9(10)12(18)15-6-8-2-4-11(17)16-8/h1,3,5,8H,2,4,6H2,(H,15,18)(H,16,17). The van der Waals surface area contributed by atoms with Crippen molar-refractivity contribution in [1.82, 2.24) is 10.6 Å². The minimum Gasteiger partial charge on any atom is -0.352 e. The van der Waals surface area contributed by atoms with Gasteiger partial charge in [-0.25, -0.2) is 0 Å². The number of carbonyl (C=O) groups is 2. The van der Waals surface area contributed by atoms with Crippen LogP contribution in [0.3, 0.4) is 0 Å². The van der Waals surface area contributed by atoms with Crippen LogP contribution in [0.1, 0.15) is 23.2 Å². The molecule has 0 saturated carbocycles. The number of hydrogen-bond donors (Lipinski definition) is 2. The number of halogens is 2. The molecule has 1 unspecified atom stereocenters. The van der Waals surface area contributed by atoms with Crippen LogP contribution in [0.25, 0.3) is 0 Å². The van der Waals surface area contributed by atoms with Gasteiger partial charge in [-0.1, -0.05) is 11.6 Å². The summed E-state index contributed by atoms with van der Waals surface area (Å²) in [4.78, 5) is 23.0. The van der Waals surface area contributed by atoms with E-state index in [0.29, 0.717) is 28.0 Å². The fraction of sp³-hybridized carbons (Fsp3) is 0.333. The monoisotopic (exact) mass is 330 g/mol. The number of nitrogens with one attached hydrogen (secondary N) is 2. The molecule has 18 heavy (non-hydrogen) atoms. The average molecular weight is 332 g/mol. The van der Waals surface area contributed by atoms with Gasteiger partial charge in [0.2, 0.25) is 5.91 Å². The predicted octanol–water partition coefficient (Wildman–Crippen LogP) is 2.11. The molecule has 1 aromatic rings. The molecule has 1 saturated heterocycles. The summed E-state index contributed by atoms with van der Waals surface area (Å²) in [5.74, 6) is -0.163. The zero-order valence-electron chi connectivity index (χ0n) is 9.50. The van der Waals surface area contributed by atoms with Crippen molar-refractivity contribution in [2.75, 3.05) is 6.54 Å². The Morgan fingerprint density at radius 2 is 2.33 bits per heavy atom. The minimum atomic E-state index is -0.203. The summed E-state index contributed by atoms with van der Waals surface area (Å²) in [6.07, 6.45) is 1.29. The molecule has 2 amide bonds. The zero-order chi connectivity index (χ0) is 13.1. The molecule has 1 heterocycles. The van der Waals surface area contributed by atoms with Crippen LogP contribution < -0.4 is 10.6 Å². The molecule has 0 spiro atoms. The van der Waals surface area contributed by atoms with E-state index < -0.39 is 0 Å². The lowest BCUT2D eigenvalue weighted by atomic mass is 10.2. The molecule has 1 aromatic carbocycles. The SMILES string of the molecule is O=C1CCC(CNC(=O)c2cc(Cl)ccc2Br)N1. The Morgan fingerprint density at radius 3 is 3.00 bits per heavy atom. The smallest absolute Gasteiger partial charge is 0.252 e. The van der Waals surface area contributed by atoms with E-state index in [-0.39, 0.29) is 17.9 Å². The summed E-state index contributed by atoms with van der Waals surface area (Å²) in [5.41, 5.74) is 0.492. The Balaban J connectivity index is 1.95. The van der Waals surface area contributed by atoms with Crippen molar-refractivity contribution in [3.63, 3.8) is 0 Å². The van der Waals surface area contributed by atoms with Crippen molar-refractivity contribution in [2.24, 2.45) is 0 Å². The topological polar surface area (TPSA) is 58.2 Å². The highest BCUT2D eigenvalue weighted by molar-refractivity contribution is 9.10. The molecule has 0 aromatic heterocycles. The number of carbonyl (C=O) groups excluding carboxylic acids is 2. The van der Waals surface area contributed by atoms with Gasteiger partial charge in [0.15, 0.2) is 0 Å². The van der Waals surface area contributed by atoms with Crippen molar-refractivity contribution >= 4 is 39.3 Å². The summed E-state index contributed by atoms with van der Waals surface area (Å²) in [6.45, 7) is 0.434. The van der Waals surface area contributed by atoms with Crippen LogP contribution in [-0.2, 0) is 4.79 Å². The van der Waals surface area contributed by atoms with Crippen LogP contribution in [0.15, 0.2) is 22.7 Å². The molecule has 1 aliphatic heterocycles. The van der Waals surface area contributed by atoms with Crippen molar-refractivity contribution in [3.8, 4) is 0 Å². The lowest BCUT2D eigenvalue weighted by molar-refractivity contribution is -0.119. The molecule has 1 aliphatic rings. The van der Waals surface area contributed by atoms with Crippen LogP contribution in [0.2, 0.25) is 5.02 Å². The van der Waals surface area contributed by atoms with Crippen LogP contribution in [-0.4, -0.2) is 24.4 Å². The van der Waals surface area contributed by atoms with E-state index in [1.807, 2.05) is 0 Å². The first kappa shape index (κ1) is 13.4. The fourth-order valence-electron chi connectivity index (χ4n) is 1.81. The third kappa shape index (κ3) is 3.23. The van der Waals surface area contributed by atoms with Crippen LogP contribution in [0.5, 0.6) is 0 Å². The van der Waals surface area contributed by atoms with Gasteiger partial charge in [-0.05, 0) is 40.5 Å². The molecule has 6 heteroatoms. The van der Waals surface area contributed by atoms with Crippen molar-refractivity contribution in [2.45, 2.75) is 18.9 Å². The van der Waals surface area contributed by atoms with Crippen LogP contribution in [0.4, 0.5) is 0 Å². The Kier molecular flexibility index (Phi) is 4.24. The second kappa shape index (κ2) is 5.71. The van der Waals surface area contributed by atoms with Gasteiger partial charge in [0.05, 0.1) is 5.56 Å². The first-order valence-electron chi connectivity index (χ1n) is 5.59. The molecular weight excluding hydrogens is 320 g/mol. The summed E-state index contributed by atoms with van der Waals surface area (Å²) < 4.78 is 0.694. The van der Waals surface area contributed by atoms with Crippen molar-refractivity contribution in [3.05, 3.63) is 33.3 Å². The normalized spacial score (nSPS) is 18.6. The number of benzene rings is 1. The summed E-state index contributed by atoms with van der Waals surface area (Å²) in [5, 5.41) is 6.09. The number of amides is 2. The maximum atomic E-state index is 11.9. The van der Waals surface area contributed by atoms with Gasteiger partial charge in [-0.2, -0.15) is 0 Å². The van der Waals surface area contributed by atoms with E-state index in [9.17, 15) is 9.59 Å². The lowest BCUT2D eigenvalue weighted by Crippen LogP contribution is -2.38. The molecular formula is C12H12BrClN2O2. The largest absolute Gasteiger partial charge is 0.352 e. The van der Waals surface area contributed by atoms with Gasteiger partial charge in [-0.3, -0.25) is 9.59 Å². The van der Waals surface area contributed by atoms with E-state index in [1.54, 1.807) is 18.2 Å². The van der Waals surface area contributed by atoms with E-state index in [4.69, 9.17) is 11.6 Å². The molecule has 4 nitrogen and oxygen atoms in total. The summed E-state index contributed by atoms with van der Waals surface area (Å²) in [6, 6.07) is 5.07. The van der Waals surface area contributed by atoms with E-state index >= 15 is 0 Å². The molecule has 0 aliphatic carbocycles. The van der Waals surface area contributed by atoms with Crippen molar-refractivity contribution < 1.29 is 9.59 Å². The summed E-state index contributed by atoms with van der Waals surface area (Å²) >= 11 is 9.15. The average Bonchev–Trinajstić information content (AvgIpc) is 2.75. The van der Waals surface area contributed by atoms with Gasteiger partial charge in [-0.15, -0.1) is 0 Å². The molecule has 2 rings (SSSR count). The first-order chi connectivity index (χ1) is 8.56. The van der Waals surface area contributed by atoms with Gasteiger partial charge >= 0.3 is 0 Å². The lowest BCUT2D eigenvalue weighted by Gasteiger charge is -2.12. The van der Waals surface area contributed by atoms with Gasteiger partial charge in [0.1, 0.15) is 0 Å². The molecule has 1 atom stereocenters. The Labute approximate surface area is 118 Å². The Bertz CT molecular complexity index is 493. The third-order valence-electron chi connectivity index (χ3n) is 2.77. The Morgan fingerprint density at radius 1 is 1.56 bits per heavy atom. The highest BCUT2D eigenvalue weighted by atomic mass is 79.9. The Hall–Kier alpha value is -1.07.